The minimum absolute atomic E-state index is 0.0150. The highest BCUT2D eigenvalue weighted by Crippen LogP contribution is 2.42. The van der Waals surface area contributed by atoms with E-state index in [2.05, 4.69) is 13.8 Å². The van der Waals surface area contributed by atoms with Crippen LogP contribution in [-0.4, -0.2) is 25.3 Å². The molecule has 0 amide bonds. The van der Waals surface area contributed by atoms with Crippen LogP contribution in [0.1, 0.15) is 44.6 Å². The Morgan fingerprint density at radius 3 is 2.81 bits per heavy atom. The molecule has 1 fully saturated rings. The van der Waals surface area contributed by atoms with Gasteiger partial charge in [-0.25, -0.2) is 0 Å². The van der Waals surface area contributed by atoms with Crippen molar-refractivity contribution in [1.29, 1.82) is 0 Å². The second-order valence-electron chi connectivity index (χ2n) is 6.29. The number of rotatable bonds is 5. The van der Waals surface area contributed by atoms with Gasteiger partial charge in [-0.1, -0.05) is 18.2 Å². The van der Waals surface area contributed by atoms with Crippen molar-refractivity contribution >= 4 is 5.97 Å². The van der Waals surface area contributed by atoms with Gasteiger partial charge in [0.25, 0.3) is 0 Å². The second-order valence-corrected chi connectivity index (χ2v) is 6.29. The lowest BCUT2D eigenvalue weighted by atomic mass is 9.75. The maximum atomic E-state index is 11.2. The molecule has 4 heteroatoms. The summed E-state index contributed by atoms with van der Waals surface area (Å²) >= 11 is 0. The van der Waals surface area contributed by atoms with E-state index in [-0.39, 0.29) is 23.9 Å². The van der Waals surface area contributed by atoms with E-state index in [9.17, 15) is 9.90 Å². The number of aliphatic carboxylic acids is 1. The molecule has 0 bridgehead atoms. The predicted octanol–water partition coefficient (Wildman–Crippen LogP) is 2.12. The Labute approximate surface area is 126 Å². The molecule has 0 spiro atoms. The van der Waals surface area contributed by atoms with Crippen LogP contribution in [0.5, 0.6) is 5.75 Å². The summed E-state index contributed by atoms with van der Waals surface area (Å²) in [6.07, 6.45) is 1.71. The van der Waals surface area contributed by atoms with Crippen LogP contribution >= 0.6 is 0 Å². The summed E-state index contributed by atoms with van der Waals surface area (Å²) in [7, 11) is 1.61. The molecule has 2 atom stereocenters. The minimum atomic E-state index is -1.02. The Morgan fingerprint density at radius 2 is 2.19 bits per heavy atom. The fourth-order valence-electron chi connectivity index (χ4n) is 3.31. The lowest BCUT2D eigenvalue weighted by Crippen LogP contribution is -2.38. The lowest BCUT2D eigenvalue weighted by Gasteiger charge is -2.40. The van der Waals surface area contributed by atoms with Crippen LogP contribution in [0.25, 0.3) is 0 Å². The topological polar surface area (TPSA) is 58.6 Å². The molecule has 0 radical (unpaired) electrons. The zero-order valence-electron chi connectivity index (χ0n) is 12.9. The van der Waals surface area contributed by atoms with Crippen molar-refractivity contribution in [3.05, 3.63) is 29.8 Å². The van der Waals surface area contributed by atoms with Crippen LogP contribution in [-0.2, 0) is 9.53 Å². The number of para-hydroxylation sites is 1. The van der Waals surface area contributed by atoms with Gasteiger partial charge in [0.05, 0.1) is 12.7 Å². The molecule has 1 aromatic rings. The molecule has 2 rings (SSSR count). The zero-order valence-corrected chi connectivity index (χ0v) is 12.9. The molecule has 0 saturated carbocycles. The number of benzene rings is 1. The summed E-state index contributed by atoms with van der Waals surface area (Å²) in [4.78, 5) is 11.2. The fraction of sp³-hybridized carbons (Fsp3) is 0.588. The highest BCUT2D eigenvalue weighted by Gasteiger charge is 2.35. The minimum Gasteiger partial charge on any atom is -0.550 e. The standard InChI is InChI=1S/C17H24O4/c1-17(2)11-12(8-9-21-17)14(10-16(18)19)13-6-4-5-7-15(13)20-3/h4-7,12,14H,8-11H2,1-3H3,(H,18,19)/p-1/t12-,14+/m1/s1. The van der Waals surface area contributed by atoms with Gasteiger partial charge in [0.15, 0.2) is 0 Å². The molecular weight excluding hydrogens is 268 g/mol. The summed E-state index contributed by atoms with van der Waals surface area (Å²) in [5.41, 5.74) is 0.738. The third-order valence-corrected chi connectivity index (χ3v) is 4.23. The van der Waals surface area contributed by atoms with E-state index in [1.54, 1.807) is 7.11 Å². The molecule has 21 heavy (non-hydrogen) atoms. The number of methoxy groups -OCH3 is 1. The van der Waals surface area contributed by atoms with Gasteiger partial charge in [0, 0.05) is 12.6 Å². The molecular formula is C17H23O4-. The molecule has 1 aromatic carbocycles. The number of carboxylic acids is 1. The van der Waals surface area contributed by atoms with Gasteiger partial charge >= 0.3 is 0 Å². The first-order valence-electron chi connectivity index (χ1n) is 7.39. The number of ether oxygens (including phenoxy) is 2. The molecule has 0 unspecified atom stereocenters. The largest absolute Gasteiger partial charge is 0.550 e. The van der Waals surface area contributed by atoms with Crippen LogP contribution in [0.2, 0.25) is 0 Å². The maximum absolute atomic E-state index is 11.2. The van der Waals surface area contributed by atoms with Crippen LogP contribution in [0, 0.1) is 5.92 Å². The van der Waals surface area contributed by atoms with E-state index < -0.39 is 5.97 Å². The van der Waals surface area contributed by atoms with Crippen molar-refractivity contribution in [1.82, 2.24) is 0 Å². The van der Waals surface area contributed by atoms with Gasteiger partial charge in [-0.2, -0.15) is 0 Å². The van der Waals surface area contributed by atoms with E-state index in [0.29, 0.717) is 6.61 Å². The van der Waals surface area contributed by atoms with Crippen molar-refractivity contribution < 1.29 is 19.4 Å². The average molecular weight is 291 g/mol. The lowest BCUT2D eigenvalue weighted by molar-refractivity contribution is -0.306. The zero-order chi connectivity index (χ0) is 15.5. The third-order valence-electron chi connectivity index (χ3n) is 4.23. The summed E-state index contributed by atoms with van der Waals surface area (Å²) < 4.78 is 11.2. The van der Waals surface area contributed by atoms with Crippen molar-refractivity contribution in [3.8, 4) is 5.75 Å². The molecule has 0 N–H and O–H groups in total. The number of hydrogen-bond donors (Lipinski definition) is 0. The van der Waals surface area contributed by atoms with Crippen LogP contribution in [0.3, 0.4) is 0 Å². The Hall–Kier alpha value is -1.55. The Bertz CT molecular complexity index is 495. The molecule has 1 heterocycles. The van der Waals surface area contributed by atoms with Crippen molar-refractivity contribution in [2.45, 2.75) is 44.6 Å². The monoisotopic (exact) mass is 291 g/mol. The Morgan fingerprint density at radius 1 is 1.48 bits per heavy atom. The number of carboxylic acid groups (broad SMARTS) is 1. The molecule has 0 aliphatic carbocycles. The van der Waals surface area contributed by atoms with E-state index in [0.717, 1.165) is 24.2 Å². The Balaban J connectivity index is 2.31. The molecule has 0 aromatic heterocycles. The maximum Gasteiger partial charge on any atom is 0.122 e. The summed E-state index contributed by atoms with van der Waals surface area (Å²) in [6.45, 7) is 4.77. The average Bonchev–Trinajstić information content (AvgIpc) is 2.43. The van der Waals surface area contributed by atoms with E-state index in [1.807, 2.05) is 24.3 Å². The summed E-state index contributed by atoms with van der Waals surface area (Å²) in [6, 6.07) is 7.65. The van der Waals surface area contributed by atoms with Crippen molar-refractivity contribution in [2.75, 3.05) is 13.7 Å². The summed E-state index contributed by atoms with van der Waals surface area (Å²) in [5.74, 6) is -0.125. The number of carbonyl (C=O) groups is 1. The van der Waals surface area contributed by atoms with Crippen LogP contribution in [0.15, 0.2) is 24.3 Å². The highest BCUT2D eigenvalue weighted by atomic mass is 16.5. The second kappa shape index (κ2) is 6.48. The molecule has 4 nitrogen and oxygen atoms in total. The quantitative estimate of drug-likeness (QED) is 0.834. The predicted molar refractivity (Wildman–Crippen MR) is 78.1 cm³/mol. The summed E-state index contributed by atoms with van der Waals surface area (Å²) in [5, 5.41) is 11.2. The highest BCUT2D eigenvalue weighted by molar-refractivity contribution is 5.66. The van der Waals surface area contributed by atoms with Crippen molar-refractivity contribution in [3.63, 3.8) is 0 Å². The molecule has 116 valence electrons. The molecule has 1 aliphatic rings. The van der Waals surface area contributed by atoms with E-state index >= 15 is 0 Å². The number of carbonyl (C=O) groups excluding carboxylic acids is 1. The molecule has 1 aliphatic heterocycles. The first-order chi connectivity index (χ1) is 9.93. The van der Waals surface area contributed by atoms with Gasteiger partial charge in [-0.05, 0) is 56.6 Å². The van der Waals surface area contributed by atoms with Crippen LogP contribution < -0.4 is 9.84 Å². The van der Waals surface area contributed by atoms with Crippen LogP contribution in [0.4, 0.5) is 0 Å². The Kier molecular flexibility index (Phi) is 4.88. The van der Waals surface area contributed by atoms with Gasteiger partial charge in [-0.15, -0.1) is 0 Å². The SMILES string of the molecule is COc1ccccc1[C@@H](CC(=O)[O-])[C@@H]1CCOC(C)(C)C1. The number of hydrogen-bond acceptors (Lipinski definition) is 4. The first kappa shape index (κ1) is 15.8. The van der Waals surface area contributed by atoms with Crippen molar-refractivity contribution in [2.24, 2.45) is 5.92 Å². The smallest absolute Gasteiger partial charge is 0.122 e. The van der Waals surface area contributed by atoms with E-state index in [1.165, 1.54) is 0 Å². The first-order valence-corrected chi connectivity index (χ1v) is 7.39. The normalized spacial score (nSPS) is 22.5. The molecule has 1 saturated heterocycles. The van der Waals surface area contributed by atoms with Gasteiger partial charge in [0.2, 0.25) is 0 Å². The third kappa shape index (κ3) is 3.97. The van der Waals surface area contributed by atoms with Gasteiger partial charge < -0.3 is 19.4 Å². The van der Waals surface area contributed by atoms with E-state index in [4.69, 9.17) is 9.47 Å². The van der Waals surface area contributed by atoms with Gasteiger partial charge in [-0.3, -0.25) is 0 Å². The fourth-order valence-corrected chi connectivity index (χ4v) is 3.31. The van der Waals surface area contributed by atoms with Gasteiger partial charge in [0.1, 0.15) is 5.75 Å².